The first-order valence-electron chi connectivity index (χ1n) is 13.5. The quantitative estimate of drug-likeness (QED) is 0.146. The standard InChI is InChI=1S/C27H35N5O12S2/c1-16(33)40-14-24(42-18(3)35)26(44-20(5)37)25(43-19(4)36)23(41-17(2)34)13-32(27(28)45)22-9-7-21(8-10-22)30-46(38,39)31-12-6-11-29-15-31/h6-11,15,23-26,30H,12-14H2,1-5H3,(H2,28,45)/t23-,24+,25+,26+/m0/s1. The van der Waals surface area contributed by atoms with Crippen molar-refractivity contribution in [3.8, 4) is 0 Å². The maximum Gasteiger partial charge on any atom is 0.324 e. The zero-order valence-electron chi connectivity index (χ0n) is 25.6. The Morgan fingerprint density at radius 3 is 1.87 bits per heavy atom. The van der Waals surface area contributed by atoms with Crippen LogP contribution >= 0.6 is 12.2 Å². The third-order valence-electron chi connectivity index (χ3n) is 5.78. The highest BCUT2D eigenvalue weighted by molar-refractivity contribution is 7.90. The zero-order valence-corrected chi connectivity index (χ0v) is 27.2. The van der Waals surface area contributed by atoms with Crippen LogP contribution < -0.4 is 15.4 Å². The Kier molecular flexibility index (Phi) is 13.9. The number of carbonyl (C=O) groups excluding carboxylic acids is 5. The molecule has 0 saturated carbocycles. The first-order valence-corrected chi connectivity index (χ1v) is 15.3. The van der Waals surface area contributed by atoms with Crippen LogP contribution in [-0.2, 0) is 57.9 Å². The number of thiocarbonyl (C=S) groups is 1. The van der Waals surface area contributed by atoms with E-state index in [1.807, 2.05) is 0 Å². The molecule has 2 rings (SSSR count). The van der Waals surface area contributed by atoms with E-state index in [9.17, 15) is 32.4 Å². The number of anilines is 2. The van der Waals surface area contributed by atoms with E-state index in [1.54, 1.807) is 6.08 Å². The topological polar surface area (TPSA) is 223 Å². The van der Waals surface area contributed by atoms with Gasteiger partial charge in [-0.1, -0.05) is 0 Å². The summed E-state index contributed by atoms with van der Waals surface area (Å²) in [5.74, 6) is -4.27. The number of esters is 5. The average Bonchev–Trinajstić information content (AvgIpc) is 2.95. The van der Waals surface area contributed by atoms with Crippen LogP contribution in [0.2, 0.25) is 0 Å². The summed E-state index contributed by atoms with van der Waals surface area (Å²) in [6.07, 6.45) is -2.15. The number of hydrogen-bond donors (Lipinski definition) is 2. The van der Waals surface area contributed by atoms with Crippen molar-refractivity contribution < 1.29 is 56.1 Å². The molecule has 1 heterocycles. The molecule has 0 fully saturated rings. The third kappa shape index (κ3) is 12.0. The maximum atomic E-state index is 12.7. The second-order valence-electron chi connectivity index (χ2n) is 9.57. The number of nitrogens with zero attached hydrogens (tertiary/aromatic N) is 3. The highest BCUT2D eigenvalue weighted by Gasteiger charge is 2.44. The Balaban J connectivity index is 2.50. The Bertz CT molecular complexity index is 1470. The van der Waals surface area contributed by atoms with Gasteiger partial charge in [-0.15, -0.1) is 0 Å². The second-order valence-corrected chi connectivity index (χ2v) is 11.6. The van der Waals surface area contributed by atoms with Crippen molar-refractivity contribution in [1.29, 1.82) is 0 Å². The molecule has 17 nitrogen and oxygen atoms in total. The van der Waals surface area contributed by atoms with Gasteiger partial charge in [0.2, 0.25) is 0 Å². The molecular weight excluding hydrogens is 650 g/mol. The summed E-state index contributed by atoms with van der Waals surface area (Å²) in [4.78, 5) is 65.3. The van der Waals surface area contributed by atoms with E-state index in [4.69, 9.17) is 41.6 Å². The van der Waals surface area contributed by atoms with Crippen LogP contribution in [0.15, 0.2) is 41.5 Å². The van der Waals surface area contributed by atoms with Gasteiger partial charge in [0.05, 0.1) is 18.8 Å². The van der Waals surface area contributed by atoms with Crippen molar-refractivity contribution in [3.63, 3.8) is 0 Å². The van der Waals surface area contributed by atoms with Crippen LogP contribution in [0.4, 0.5) is 11.4 Å². The smallest absolute Gasteiger partial charge is 0.324 e. The first kappa shape index (κ1) is 37.4. The van der Waals surface area contributed by atoms with E-state index in [1.165, 1.54) is 35.4 Å². The molecule has 1 aliphatic heterocycles. The molecule has 4 atom stereocenters. The Morgan fingerprint density at radius 2 is 1.41 bits per heavy atom. The molecule has 0 spiro atoms. The summed E-state index contributed by atoms with van der Waals surface area (Å²) in [6, 6.07) is 5.74. The number of ether oxygens (including phenoxy) is 5. The van der Waals surface area contributed by atoms with Crippen molar-refractivity contribution in [2.75, 3.05) is 29.3 Å². The van der Waals surface area contributed by atoms with E-state index in [0.29, 0.717) is 0 Å². The number of rotatable bonds is 15. The second kappa shape index (κ2) is 17.1. The normalized spacial score (nSPS) is 14.9. The lowest BCUT2D eigenvalue weighted by Gasteiger charge is -2.37. The molecule has 0 aromatic heterocycles. The average molecular weight is 686 g/mol. The van der Waals surface area contributed by atoms with Gasteiger partial charge in [0, 0.05) is 46.5 Å². The summed E-state index contributed by atoms with van der Waals surface area (Å²) in [7, 11) is -3.98. The minimum atomic E-state index is -3.98. The van der Waals surface area contributed by atoms with Gasteiger partial charge >= 0.3 is 40.1 Å². The summed E-state index contributed by atoms with van der Waals surface area (Å²) in [5, 5.41) is -0.246. The van der Waals surface area contributed by atoms with Gasteiger partial charge in [0.25, 0.3) is 0 Å². The Hall–Kier alpha value is -4.78. The summed E-state index contributed by atoms with van der Waals surface area (Å²) in [5.41, 5.74) is 6.47. The van der Waals surface area contributed by atoms with Crippen LogP contribution in [0.25, 0.3) is 0 Å². The van der Waals surface area contributed by atoms with Crippen LogP contribution in [-0.4, -0.2) is 98.1 Å². The molecule has 1 aliphatic rings. The molecule has 46 heavy (non-hydrogen) atoms. The molecule has 0 aliphatic carbocycles. The van der Waals surface area contributed by atoms with Gasteiger partial charge in [-0.25, -0.2) is 9.30 Å². The summed E-state index contributed by atoms with van der Waals surface area (Å²) >= 11 is 5.23. The van der Waals surface area contributed by atoms with Crippen molar-refractivity contribution in [2.45, 2.75) is 59.0 Å². The Labute approximate surface area is 270 Å². The summed E-state index contributed by atoms with van der Waals surface area (Å²) < 4.78 is 55.4. The molecule has 19 heteroatoms. The van der Waals surface area contributed by atoms with Gasteiger partial charge in [0.1, 0.15) is 12.9 Å². The van der Waals surface area contributed by atoms with Crippen LogP contribution in [0.5, 0.6) is 0 Å². The molecular formula is C27H35N5O12S2. The van der Waals surface area contributed by atoms with Crippen LogP contribution in [0.3, 0.4) is 0 Å². The third-order valence-corrected chi connectivity index (χ3v) is 7.36. The molecule has 0 radical (unpaired) electrons. The van der Waals surface area contributed by atoms with Crippen molar-refractivity contribution in [2.24, 2.45) is 10.7 Å². The highest BCUT2D eigenvalue weighted by atomic mass is 32.2. The van der Waals surface area contributed by atoms with E-state index in [-0.39, 0.29) is 23.0 Å². The van der Waals surface area contributed by atoms with E-state index in [2.05, 4.69) is 9.71 Å². The van der Waals surface area contributed by atoms with E-state index < -0.39 is 77.6 Å². The monoisotopic (exact) mass is 685 g/mol. The highest BCUT2D eigenvalue weighted by Crippen LogP contribution is 2.25. The van der Waals surface area contributed by atoms with Gasteiger partial charge in [-0.2, -0.15) is 8.42 Å². The maximum absolute atomic E-state index is 12.7. The van der Waals surface area contributed by atoms with E-state index in [0.717, 1.165) is 45.3 Å². The number of benzene rings is 1. The lowest BCUT2D eigenvalue weighted by molar-refractivity contribution is -0.201. The molecule has 0 saturated heterocycles. The molecule has 252 valence electrons. The number of carbonyl (C=O) groups is 5. The molecule has 1 aromatic rings. The lowest BCUT2D eigenvalue weighted by atomic mass is 10.0. The Morgan fingerprint density at radius 1 is 0.891 bits per heavy atom. The molecule has 1 aromatic carbocycles. The predicted molar refractivity (Wildman–Crippen MR) is 166 cm³/mol. The fourth-order valence-electron chi connectivity index (χ4n) is 4.07. The van der Waals surface area contributed by atoms with Gasteiger partial charge in [-0.3, -0.25) is 28.7 Å². The number of nitrogens with two attached hydrogens (primary N) is 1. The summed E-state index contributed by atoms with van der Waals surface area (Å²) in [6.45, 7) is 4.32. The fourth-order valence-corrected chi connectivity index (χ4v) is 5.27. The van der Waals surface area contributed by atoms with Crippen molar-refractivity contribution >= 4 is 75.1 Å². The minimum Gasteiger partial charge on any atom is -0.462 e. The van der Waals surface area contributed by atoms with Crippen molar-refractivity contribution in [3.05, 3.63) is 36.5 Å². The fraction of sp³-hybridized carbons (Fsp3) is 0.444. The van der Waals surface area contributed by atoms with Gasteiger partial charge in [-0.05, 0) is 42.6 Å². The van der Waals surface area contributed by atoms with Gasteiger partial charge < -0.3 is 34.3 Å². The number of hydrogen-bond acceptors (Lipinski definition) is 14. The zero-order chi connectivity index (χ0) is 34.6. The van der Waals surface area contributed by atoms with E-state index >= 15 is 0 Å². The lowest BCUT2D eigenvalue weighted by Crippen LogP contribution is -2.56. The molecule has 0 amide bonds. The number of aliphatic imine (C=N–C) groups is 1. The molecule has 0 unspecified atom stereocenters. The SMILES string of the molecule is CC(=O)OC[C@@H](OC(C)=O)[C@@H](OC(C)=O)[C@H](OC(C)=O)[C@H](CN(C(N)=S)c1ccc(NS(=O)(=O)N2C=NC=CC2)cc1)OC(C)=O. The van der Waals surface area contributed by atoms with Crippen LogP contribution in [0.1, 0.15) is 34.6 Å². The molecule has 3 N–H and O–H groups in total. The first-order chi connectivity index (χ1) is 21.5. The van der Waals surface area contributed by atoms with Crippen LogP contribution in [0, 0.1) is 0 Å². The predicted octanol–water partition coefficient (Wildman–Crippen LogP) is 0.541. The van der Waals surface area contributed by atoms with Crippen molar-refractivity contribution in [1.82, 2.24) is 4.31 Å². The van der Waals surface area contributed by atoms with Gasteiger partial charge in [0.15, 0.2) is 29.5 Å². The minimum absolute atomic E-state index is 0.0840. The largest absolute Gasteiger partial charge is 0.462 e. The molecule has 0 bridgehead atoms. The number of nitrogens with one attached hydrogen (secondary N) is 1.